The molecular formula is C17H27NO2. The van der Waals surface area contributed by atoms with Gasteiger partial charge in [0.2, 0.25) is 0 Å². The van der Waals surface area contributed by atoms with Crippen molar-refractivity contribution >= 4 is 0 Å². The molecule has 112 valence electrons. The molecule has 1 aromatic carbocycles. The molecule has 1 fully saturated rings. The predicted octanol–water partition coefficient (Wildman–Crippen LogP) is 3.55. The van der Waals surface area contributed by atoms with Gasteiger partial charge in [-0.3, -0.25) is 0 Å². The van der Waals surface area contributed by atoms with Crippen LogP contribution in [-0.2, 0) is 4.74 Å². The van der Waals surface area contributed by atoms with Crippen molar-refractivity contribution in [3.63, 3.8) is 0 Å². The summed E-state index contributed by atoms with van der Waals surface area (Å²) in [6.07, 6.45) is 2.71. The highest BCUT2D eigenvalue weighted by atomic mass is 16.5. The van der Waals surface area contributed by atoms with Gasteiger partial charge >= 0.3 is 0 Å². The Morgan fingerprint density at radius 1 is 1.35 bits per heavy atom. The van der Waals surface area contributed by atoms with Crippen LogP contribution in [0.3, 0.4) is 0 Å². The standard InChI is InChI=1S/C17H27NO2/c1-5-15-14(10-11-19-15)17(18-4)13-8-6-7-9-16(13)20-12(2)3/h6-9,12,14-15,17-18H,5,10-11H2,1-4H3. The minimum absolute atomic E-state index is 0.190. The molecule has 0 aromatic heterocycles. The van der Waals surface area contributed by atoms with Crippen molar-refractivity contribution in [1.82, 2.24) is 5.32 Å². The molecule has 0 aliphatic carbocycles. The zero-order valence-electron chi connectivity index (χ0n) is 13.1. The first-order valence-electron chi connectivity index (χ1n) is 7.71. The van der Waals surface area contributed by atoms with Crippen molar-refractivity contribution in [2.75, 3.05) is 13.7 Å². The first-order chi connectivity index (χ1) is 9.67. The quantitative estimate of drug-likeness (QED) is 0.862. The summed E-state index contributed by atoms with van der Waals surface area (Å²) in [5.41, 5.74) is 1.25. The predicted molar refractivity (Wildman–Crippen MR) is 82.1 cm³/mol. The molecule has 20 heavy (non-hydrogen) atoms. The summed E-state index contributed by atoms with van der Waals surface area (Å²) in [7, 11) is 2.03. The smallest absolute Gasteiger partial charge is 0.124 e. The van der Waals surface area contributed by atoms with Crippen LogP contribution < -0.4 is 10.1 Å². The van der Waals surface area contributed by atoms with E-state index in [4.69, 9.17) is 9.47 Å². The van der Waals surface area contributed by atoms with Gasteiger partial charge < -0.3 is 14.8 Å². The van der Waals surface area contributed by atoms with Crippen molar-refractivity contribution < 1.29 is 9.47 Å². The van der Waals surface area contributed by atoms with Gasteiger partial charge in [-0.15, -0.1) is 0 Å². The molecule has 3 heteroatoms. The van der Waals surface area contributed by atoms with E-state index in [1.165, 1.54) is 5.56 Å². The number of rotatable bonds is 6. The minimum atomic E-state index is 0.190. The molecule has 0 bridgehead atoms. The fourth-order valence-electron chi connectivity index (χ4n) is 3.17. The summed E-state index contributed by atoms with van der Waals surface area (Å²) in [5, 5.41) is 3.48. The Bertz CT molecular complexity index is 419. The molecule has 1 aromatic rings. The van der Waals surface area contributed by atoms with Gasteiger partial charge in [-0.05, 0) is 39.8 Å². The summed E-state index contributed by atoms with van der Waals surface area (Å²) in [6.45, 7) is 7.21. The highest BCUT2D eigenvalue weighted by Crippen LogP contribution is 2.38. The summed E-state index contributed by atoms with van der Waals surface area (Å²) < 4.78 is 11.8. The molecule has 0 spiro atoms. The first kappa shape index (κ1) is 15.3. The van der Waals surface area contributed by atoms with E-state index >= 15 is 0 Å². The topological polar surface area (TPSA) is 30.5 Å². The molecule has 1 saturated heterocycles. The van der Waals surface area contributed by atoms with Gasteiger partial charge in [0.05, 0.1) is 12.2 Å². The lowest BCUT2D eigenvalue weighted by atomic mass is 9.86. The van der Waals surface area contributed by atoms with Gasteiger partial charge in [0.1, 0.15) is 5.75 Å². The molecule has 1 N–H and O–H groups in total. The number of para-hydroxylation sites is 1. The third kappa shape index (κ3) is 3.33. The van der Waals surface area contributed by atoms with E-state index in [0.29, 0.717) is 12.0 Å². The molecule has 1 aliphatic heterocycles. The molecule has 0 amide bonds. The zero-order valence-corrected chi connectivity index (χ0v) is 13.1. The number of hydrogen-bond donors (Lipinski definition) is 1. The van der Waals surface area contributed by atoms with Gasteiger partial charge in [0, 0.05) is 24.1 Å². The van der Waals surface area contributed by atoms with Crippen molar-refractivity contribution in [2.45, 2.75) is 51.9 Å². The van der Waals surface area contributed by atoms with E-state index in [1.807, 2.05) is 13.1 Å². The lowest BCUT2D eigenvalue weighted by Crippen LogP contribution is -2.31. The fourth-order valence-corrected chi connectivity index (χ4v) is 3.17. The largest absolute Gasteiger partial charge is 0.491 e. The minimum Gasteiger partial charge on any atom is -0.491 e. The number of benzene rings is 1. The average molecular weight is 277 g/mol. The molecule has 0 saturated carbocycles. The SMILES string of the molecule is CCC1OCCC1C(NC)c1ccccc1OC(C)C. The Morgan fingerprint density at radius 2 is 2.10 bits per heavy atom. The van der Waals surface area contributed by atoms with Crippen molar-refractivity contribution in [3.8, 4) is 5.75 Å². The van der Waals surface area contributed by atoms with Crippen LogP contribution in [0, 0.1) is 5.92 Å². The molecule has 1 heterocycles. The highest BCUT2D eigenvalue weighted by molar-refractivity contribution is 5.36. The maximum Gasteiger partial charge on any atom is 0.124 e. The maximum atomic E-state index is 5.98. The second-order valence-electron chi connectivity index (χ2n) is 5.74. The van der Waals surface area contributed by atoms with Crippen molar-refractivity contribution in [2.24, 2.45) is 5.92 Å². The maximum absolute atomic E-state index is 5.98. The van der Waals surface area contributed by atoms with E-state index < -0.39 is 0 Å². The Labute approximate surface area is 122 Å². The average Bonchev–Trinajstić information content (AvgIpc) is 2.89. The van der Waals surface area contributed by atoms with Gasteiger partial charge in [0.15, 0.2) is 0 Å². The normalized spacial score (nSPS) is 24.1. The van der Waals surface area contributed by atoms with Crippen LogP contribution in [0.25, 0.3) is 0 Å². The zero-order chi connectivity index (χ0) is 14.5. The lowest BCUT2D eigenvalue weighted by Gasteiger charge is -2.29. The number of hydrogen-bond acceptors (Lipinski definition) is 3. The molecule has 3 unspecified atom stereocenters. The molecule has 3 atom stereocenters. The first-order valence-corrected chi connectivity index (χ1v) is 7.71. The van der Waals surface area contributed by atoms with Gasteiger partial charge in [-0.2, -0.15) is 0 Å². The third-order valence-electron chi connectivity index (χ3n) is 4.02. The highest BCUT2D eigenvalue weighted by Gasteiger charge is 2.34. The summed E-state index contributed by atoms with van der Waals surface area (Å²) >= 11 is 0. The van der Waals surface area contributed by atoms with Crippen LogP contribution in [0.5, 0.6) is 5.75 Å². The van der Waals surface area contributed by atoms with E-state index in [9.17, 15) is 0 Å². The molecule has 0 radical (unpaired) electrons. The Kier molecular flexibility index (Phi) is 5.44. The van der Waals surface area contributed by atoms with E-state index in [1.54, 1.807) is 0 Å². The summed E-state index contributed by atoms with van der Waals surface area (Å²) in [6, 6.07) is 8.65. The van der Waals surface area contributed by atoms with Crippen LogP contribution in [0.2, 0.25) is 0 Å². The van der Waals surface area contributed by atoms with Crippen LogP contribution >= 0.6 is 0 Å². The van der Waals surface area contributed by atoms with E-state index in [0.717, 1.165) is 25.2 Å². The Balaban J connectivity index is 2.27. The Morgan fingerprint density at radius 3 is 2.75 bits per heavy atom. The van der Waals surface area contributed by atoms with Crippen LogP contribution in [-0.4, -0.2) is 25.9 Å². The van der Waals surface area contributed by atoms with Crippen molar-refractivity contribution in [1.29, 1.82) is 0 Å². The second kappa shape index (κ2) is 7.09. The van der Waals surface area contributed by atoms with E-state index in [-0.39, 0.29) is 12.1 Å². The monoisotopic (exact) mass is 277 g/mol. The molecule has 2 rings (SSSR count). The van der Waals surface area contributed by atoms with Gasteiger partial charge in [-0.25, -0.2) is 0 Å². The summed E-state index contributed by atoms with van der Waals surface area (Å²) in [4.78, 5) is 0. The van der Waals surface area contributed by atoms with Gasteiger partial charge in [-0.1, -0.05) is 25.1 Å². The molecule has 1 aliphatic rings. The molecule has 3 nitrogen and oxygen atoms in total. The summed E-state index contributed by atoms with van der Waals surface area (Å²) in [5.74, 6) is 1.51. The number of nitrogens with one attached hydrogen (secondary N) is 1. The Hall–Kier alpha value is -1.06. The second-order valence-corrected chi connectivity index (χ2v) is 5.74. The lowest BCUT2D eigenvalue weighted by molar-refractivity contribution is 0.0777. The van der Waals surface area contributed by atoms with Crippen LogP contribution in [0.1, 0.15) is 45.2 Å². The van der Waals surface area contributed by atoms with Crippen LogP contribution in [0.4, 0.5) is 0 Å². The molecular weight excluding hydrogens is 250 g/mol. The van der Waals surface area contributed by atoms with E-state index in [2.05, 4.69) is 44.3 Å². The fraction of sp³-hybridized carbons (Fsp3) is 0.647. The van der Waals surface area contributed by atoms with Gasteiger partial charge in [0.25, 0.3) is 0 Å². The number of ether oxygens (including phenoxy) is 2. The van der Waals surface area contributed by atoms with Crippen LogP contribution in [0.15, 0.2) is 24.3 Å². The third-order valence-corrected chi connectivity index (χ3v) is 4.02. The van der Waals surface area contributed by atoms with Crippen molar-refractivity contribution in [3.05, 3.63) is 29.8 Å².